The van der Waals surface area contributed by atoms with Gasteiger partial charge in [0, 0.05) is 18.3 Å². The van der Waals surface area contributed by atoms with E-state index in [9.17, 15) is 13.2 Å². The fourth-order valence-electron chi connectivity index (χ4n) is 1.83. The van der Waals surface area contributed by atoms with Gasteiger partial charge in [0.25, 0.3) is 0 Å². The molecular formula is C14H15F3N2. The average molecular weight is 268 g/mol. The van der Waals surface area contributed by atoms with Crippen LogP contribution in [0.5, 0.6) is 0 Å². The van der Waals surface area contributed by atoms with Crippen LogP contribution in [0.2, 0.25) is 0 Å². The van der Waals surface area contributed by atoms with Crippen LogP contribution in [0.15, 0.2) is 48.8 Å². The van der Waals surface area contributed by atoms with E-state index in [1.54, 1.807) is 18.5 Å². The second-order valence-electron chi connectivity index (χ2n) is 4.13. The quantitative estimate of drug-likeness (QED) is 0.876. The van der Waals surface area contributed by atoms with E-state index < -0.39 is 11.7 Å². The molecule has 19 heavy (non-hydrogen) atoms. The van der Waals surface area contributed by atoms with Crippen molar-refractivity contribution in [3.05, 3.63) is 65.5 Å². The third-order valence-electron chi connectivity index (χ3n) is 2.92. The van der Waals surface area contributed by atoms with Crippen LogP contribution in [0.25, 0.3) is 0 Å². The van der Waals surface area contributed by atoms with Crippen molar-refractivity contribution in [1.82, 2.24) is 11.1 Å². The zero-order chi connectivity index (χ0) is 13.2. The minimum atomic E-state index is -4.30. The first kappa shape index (κ1) is 15.2. The summed E-state index contributed by atoms with van der Waals surface area (Å²) in [5.41, 5.74) is 0.987. The van der Waals surface area contributed by atoms with Gasteiger partial charge in [0.15, 0.2) is 0 Å². The fraction of sp³-hybridized carbons (Fsp3) is 0.214. The summed E-state index contributed by atoms with van der Waals surface area (Å²) in [5, 5.41) is 0. The number of nitrogens with zero attached hydrogens (tertiary/aromatic N) is 1. The van der Waals surface area contributed by atoms with Crippen LogP contribution in [0.4, 0.5) is 13.2 Å². The molecule has 1 aromatic carbocycles. The molecule has 102 valence electrons. The number of hydrogen-bond donors (Lipinski definition) is 1. The third-order valence-corrected chi connectivity index (χ3v) is 2.92. The Morgan fingerprint density at radius 1 is 1.00 bits per heavy atom. The number of alkyl halides is 3. The molecule has 1 aromatic heterocycles. The molecular weight excluding hydrogens is 253 g/mol. The van der Waals surface area contributed by atoms with Crippen molar-refractivity contribution < 1.29 is 13.2 Å². The van der Waals surface area contributed by atoms with E-state index in [0.717, 1.165) is 11.6 Å². The molecule has 2 nitrogen and oxygen atoms in total. The van der Waals surface area contributed by atoms with Gasteiger partial charge in [-0.3, -0.25) is 4.98 Å². The van der Waals surface area contributed by atoms with Gasteiger partial charge in [0.05, 0.1) is 5.56 Å². The first-order valence-electron chi connectivity index (χ1n) is 5.55. The first-order chi connectivity index (χ1) is 8.48. The van der Waals surface area contributed by atoms with Crippen LogP contribution in [0.3, 0.4) is 0 Å². The molecule has 3 N–H and O–H groups in total. The lowest BCUT2D eigenvalue weighted by molar-refractivity contribution is -0.137. The molecule has 0 aliphatic heterocycles. The fourth-order valence-corrected chi connectivity index (χ4v) is 1.83. The summed E-state index contributed by atoms with van der Waals surface area (Å²) in [6.45, 7) is 1.88. The maximum atomic E-state index is 12.6. The summed E-state index contributed by atoms with van der Waals surface area (Å²) in [5.74, 6) is -0.0877. The van der Waals surface area contributed by atoms with Crippen LogP contribution >= 0.6 is 0 Å². The topological polar surface area (TPSA) is 47.9 Å². The monoisotopic (exact) mass is 268 g/mol. The van der Waals surface area contributed by atoms with Crippen molar-refractivity contribution in [1.29, 1.82) is 0 Å². The highest BCUT2D eigenvalue weighted by Crippen LogP contribution is 2.32. The van der Waals surface area contributed by atoms with Gasteiger partial charge in [-0.1, -0.05) is 25.1 Å². The maximum Gasteiger partial charge on any atom is 0.416 e. The second-order valence-corrected chi connectivity index (χ2v) is 4.13. The van der Waals surface area contributed by atoms with Gasteiger partial charge in [0.1, 0.15) is 0 Å². The molecule has 1 atom stereocenters. The lowest BCUT2D eigenvalue weighted by Crippen LogP contribution is -2.06. The van der Waals surface area contributed by atoms with E-state index in [2.05, 4.69) is 4.98 Å². The summed E-state index contributed by atoms with van der Waals surface area (Å²) >= 11 is 0. The predicted octanol–water partition coefficient (Wildman–Crippen LogP) is 4.41. The molecule has 0 aliphatic carbocycles. The minimum absolute atomic E-state index is 0. The van der Waals surface area contributed by atoms with Crippen LogP contribution in [-0.4, -0.2) is 4.98 Å². The molecule has 0 aliphatic rings. The first-order valence-corrected chi connectivity index (χ1v) is 5.55. The molecule has 0 fully saturated rings. The van der Waals surface area contributed by atoms with E-state index >= 15 is 0 Å². The number of aromatic nitrogens is 1. The van der Waals surface area contributed by atoms with Gasteiger partial charge in [0.2, 0.25) is 0 Å². The van der Waals surface area contributed by atoms with Gasteiger partial charge in [-0.05, 0) is 29.3 Å². The van der Waals surface area contributed by atoms with E-state index in [4.69, 9.17) is 0 Å². The second kappa shape index (κ2) is 5.84. The number of rotatable bonds is 2. The van der Waals surface area contributed by atoms with Gasteiger partial charge >= 0.3 is 6.18 Å². The standard InChI is InChI=1S/C14H12F3N.H3N/c1-10(11-5-7-18-8-6-11)12-3-2-4-13(9-12)14(15,16)17;/h2-10H,1H3;1H3. The van der Waals surface area contributed by atoms with E-state index in [0.29, 0.717) is 5.56 Å². The largest absolute Gasteiger partial charge is 0.416 e. The molecule has 2 rings (SSSR count). The molecule has 5 heteroatoms. The highest BCUT2D eigenvalue weighted by Gasteiger charge is 2.30. The van der Waals surface area contributed by atoms with Crippen LogP contribution in [0.1, 0.15) is 29.5 Å². The van der Waals surface area contributed by atoms with E-state index in [1.807, 2.05) is 19.1 Å². The molecule has 1 unspecified atom stereocenters. The van der Waals surface area contributed by atoms with Crippen molar-refractivity contribution in [2.24, 2.45) is 0 Å². The third kappa shape index (κ3) is 3.54. The highest BCUT2D eigenvalue weighted by atomic mass is 19.4. The Hall–Kier alpha value is -1.88. The number of benzene rings is 1. The Kier molecular flexibility index (Phi) is 4.67. The van der Waals surface area contributed by atoms with Crippen molar-refractivity contribution in [2.75, 3.05) is 0 Å². The Bertz CT molecular complexity index is 524. The number of halogens is 3. The molecule has 0 radical (unpaired) electrons. The van der Waals surface area contributed by atoms with Gasteiger partial charge < -0.3 is 6.15 Å². The summed E-state index contributed by atoms with van der Waals surface area (Å²) in [6, 6.07) is 9.06. The van der Waals surface area contributed by atoms with Crippen molar-refractivity contribution in [3.8, 4) is 0 Å². The normalized spacial score (nSPS) is 12.6. The lowest BCUT2D eigenvalue weighted by atomic mass is 9.93. The number of hydrogen-bond acceptors (Lipinski definition) is 2. The number of pyridine rings is 1. The van der Waals surface area contributed by atoms with Crippen LogP contribution in [-0.2, 0) is 6.18 Å². The Labute approximate surface area is 109 Å². The zero-order valence-corrected chi connectivity index (χ0v) is 10.5. The van der Waals surface area contributed by atoms with Crippen LogP contribution < -0.4 is 6.15 Å². The molecule has 0 bridgehead atoms. The zero-order valence-electron chi connectivity index (χ0n) is 10.5. The van der Waals surface area contributed by atoms with Crippen molar-refractivity contribution in [3.63, 3.8) is 0 Å². The predicted molar refractivity (Wildman–Crippen MR) is 68.2 cm³/mol. The Morgan fingerprint density at radius 3 is 2.21 bits per heavy atom. The Balaban J connectivity index is 0.00000180. The summed E-state index contributed by atoms with van der Waals surface area (Å²) < 4.78 is 37.9. The molecule has 0 amide bonds. The summed E-state index contributed by atoms with van der Waals surface area (Å²) in [7, 11) is 0. The van der Waals surface area contributed by atoms with Crippen molar-refractivity contribution in [2.45, 2.75) is 19.0 Å². The SMILES string of the molecule is CC(c1ccncc1)c1cccc(C(F)(F)F)c1.N. The molecule has 0 saturated heterocycles. The van der Waals surface area contributed by atoms with Gasteiger partial charge in [-0.2, -0.15) is 13.2 Å². The molecule has 0 spiro atoms. The van der Waals surface area contributed by atoms with Gasteiger partial charge in [-0.25, -0.2) is 0 Å². The van der Waals surface area contributed by atoms with Gasteiger partial charge in [-0.15, -0.1) is 0 Å². The van der Waals surface area contributed by atoms with E-state index in [1.165, 1.54) is 12.1 Å². The van der Waals surface area contributed by atoms with Crippen LogP contribution in [0, 0.1) is 0 Å². The molecule has 1 heterocycles. The summed E-state index contributed by atoms with van der Waals surface area (Å²) in [6.07, 6.45) is -1.02. The molecule has 0 saturated carbocycles. The lowest BCUT2D eigenvalue weighted by Gasteiger charge is -2.14. The maximum absolute atomic E-state index is 12.6. The average Bonchev–Trinajstić information content (AvgIpc) is 2.38. The summed E-state index contributed by atoms with van der Waals surface area (Å²) in [4.78, 5) is 3.90. The molecule has 2 aromatic rings. The van der Waals surface area contributed by atoms with E-state index in [-0.39, 0.29) is 12.1 Å². The smallest absolute Gasteiger partial charge is 0.344 e. The highest BCUT2D eigenvalue weighted by molar-refractivity contribution is 5.34. The van der Waals surface area contributed by atoms with Crippen molar-refractivity contribution >= 4 is 0 Å². The minimum Gasteiger partial charge on any atom is -0.344 e. The Morgan fingerprint density at radius 2 is 1.63 bits per heavy atom.